The van der Waals surface area contributed by atoms with Crippen molar-refractivity contribution < 1.29 is 0 Å². The Morgan fingerprint density at radius 1 is 1.29 bits per heavy atom. The van der Waals surface area contributed by atoms with E-state index in [0.717, 1.165) is 30.3 Å². The third kappa shape index (κ3) is 2.16. The van der Waals surface area contributed by atoms with Gasteiger partial charge < -0.3 is 9.88 Å². The zero-order valence-corrected chi connectivity index (χ0v) is 12.5. The number of nitrogens with one attached hydrogen (secondary N) is 1. The second kappa shape index (κ2) is 5.05. The van der Waals surface area contributed by atoms with Crippen molar-refractivity contribution in [3.05, 3.63) is 52.9 Å². The lowest BCUT2D eigenvalue weighted by molar-refractivity contribution is 0.457. The van der Waals surface area contributed by atoms with E-state index < -0.39 is 0 Å². The van der Waals surface area contributed by atoms with Crippen LogP contribution < -0.4 is 5.32 Å². The summed E-state index contributed by atoms with van der Waals surface area (Å²) >= 11 is 1.76. The Morgan fingerprint density at radius 3 is 3.00 bits per heavy atom. The third-order valence-corrected chi connectivity index (χ3v) is 4.70. The van der Waals surface area contributed by atoms with Gasteiger partial charge in [0.25, 0.3) is 0 Å². The summed E-state index contributed by atoms with van der Waals surface area (Å²) in [6.45, 7) is 3.91. The molecule has 106 valence electrons. The van der Waals surface area contributed by atoms with Crippen molar-refractivity contribution in [3.8, 4) is 10.7 Å². The number of hydrogen-bond donors (Lipinski definition) is 1. The lowest BCUT2D eigenvalue weighted by Gasteiger charge is -2.25. The first-order valence-corrected chi connectivity index (χ1v) is 7.78. The van der Waals surface area contributed by atoms with Crippen molar-refractivity contribution in [2.45, 2.75) is 19.5 Å². The van der Waals surface area contributed by atoms with E-state index in [1.165, 1.54) is 9.75 Å². The molecule has 1 unspecified atom stereocenters. The standard InChI is InChI=1S/C15H15N5S/c1-10-4-5-12(21-10)14-18-19-15-13(17-7-8-20(14)15)11-3-2-6-16-9-11/h2-6,9,13,17H,7-8H2,1H3. The molecule has 4 heterocycles. The molecule has 0 bridgehead atoms. The summed E-state index contributed by atoms with van der Waals surface area (Å²) in [7, 11) is 0. The lowest BCUT2D eigenvalue weighted by Crippen LogP contribution is -2.34. The molecule has 5 nitrogen and oxygen atoms in total. The van der Waals surface area contributed by atoms with Gasteiger partial charge >= 0.3 is 0 Å². The van der Waals surface area contributed by atoms with Gasteiger partial charge in [-0.05, 0) is 30.7 Å². The van der Waals surface area contributed by atoms with E-state index in [2.05, 4.69) is 50.2 Å². The Labute approximate surface area is 126 Å². The SMILES string of the molecule is Cc1ccc(-c2nnc3n2CCNC3c2cccnc2)s1. The first-order valence-electron chi connectivity index (χ1n) is 6.96. The Bertz CT molecular complexity index is 761. The molecule has 1 atom stereocenters. The fourth-order valence-electron chi connectivity index (χ4n) is 2.71. The van der Waals surface area contributed by atoms with Crippen molar-refractivity contribution in [3.63, 3.8) is 0 Å². The highest BCUT2D eigenvalue weighted by molar-refractivity contribution is 7.15. The highest BCUT2D eigenvalue weighted by Crippen LogP contribution is 2.30. The molecule has 3 aromatic heterocycles. The fourth-order valence-corrected chi connectivity index (χ4v) is 3.57. The molecule has 0 radical (unpaired) electrons. The van der Waals surface area contributed by atoms with E-state index in [1.54, 1.807) is 17.5 Å². The zero-order chi connectivity index (χ0) is 14.2. The zero-order valence-electron chi connectivity index (χ0n) is 11.7. The van der Waals surface area contributed by atoms with Gasteiger partial charge in [0.1, 0.15) is 0 Å². The van der Waals surface area contributed by atoms with Gasteiger partial charge in [-0.15, -0.1) is 21.5 Å². The van der Waals surface area contributed by atoms with Crippen molar-refractivity contribution >= 4 is 11.3 Å². The Balaban J connectivity index is 1.79. The van der Waals surface area contributed by atoms with Crippen molar-refractivity contribution in [1.82, 2.24) is 25.1 Å². The van der Waals surface area contributed by atoms with Gasteiger partial charge in [-0.2, -0.15) is 0 Å². The highest BCUT2D eigenvalue weighted by Gasteiger charge is 2.27. The summed E-state index contributed by atoms with van der Waals surface area (Å²) in [4.78, 5) is 6.68. The molecule has 3 aromatic rings. The first-order chi connectivity index (χ1) is 10.3. The van der Waals surface area contributed by atoms with E-state index in [-0.39, 0.29) is 6.04 Å². The summed E-state index contributed by atoms with van der Waals surface area (Å²) in [5.41, 5.74) is 1.12. The molecule has 1 aliphatic heterocycles. The number of aryl methyl sites for hydroxylation is 1. The minimum Gasteiger partial charge on any atom is -0.307 e. The van der Waals surface area contributed by atoms with Crippen LogP contribution in [0.4, 0.5) is 0 Å². The summed E-state index contributed by atoms with van der Waals surface area (Å²) in [6.07, 6.45) is 3.67. The average Bonchev–Trinajstić information content (AvgIpc) is 3.13. The van der Waals surface area contributed by atoms with E-state index >= 15 is 0 Å². The van der Waals surface area contributed by atoms with Crippen LogP contribution in [0.2, 0.25) is 0 Å². The van der Waals surface area contributed by atoms with Crippen molar-refractivity contribution in [2.24, 2.45) is 0 Å². The van der Waals surface area contributed by atoms with Crippen LogP contribution in [0.5, 0.6) is 0 Å². The van der Waals surface area contributed by atoms with E-state index in [0.29, 0.717) is 0 Å². The molecule has 1 aliphatic rings. The minimum absolute atomic E-state index is 0.0646. The van der Waals surface area contributed by atoms with Gasteiger partial charge in [0, 0.05) is 30.4 Å². The first kappa shape index (κ1) is 12.7. The molecule has 0 spiro atoms. The number of thiophene rings is 1. The Morgan fingerprint density at radius 2 is 2.24 bits per heavy atom. The molecule has 0 aromatic carbocycles. The second-order valence-corrected chi connectivity index (χ2v) is 6.41. The predicted molar refractivity (Wildman–Crippen MR) is 82.2 cm³/mol. The van der Waals surface area contributed by atoms with Crippen LogP contribution in [-0.4, -0.2) is 26.3 Å². The average molecular weight is 297 g/mol. The number of rotatable bonds is 2. The van der Waals surface area contributed by atoms with Crippen molar-refractivity contribution in [1.29, 1.82) is 0 Å². The molecule has 4 rings (SSSR count). The van der Waals surface area contributed by atoms with Gasteiger partial charge in [0.15, 0.2) is 11.6 Å². The van der Waals surface area contributed by atoms with Crippen LogP contribution in [0.15, 0.2) is 36.7 Å². The number of hydrogen-bond acceptors (Lipinski definition) is 5. The maximum absolute atomic E-state index is 4.43. The summed E-state index contributed by atoms with van der Waals surface area (Å²) < 4.78 is 2.22. The number of aromatic nitrogens is 4. The molecular weight excluding hydrogens is 282 g/mol. The summed E-state index contributed by atoms with van der Waals surface area (Å²) in [6, 6.07) is 8.34. The second-order valence-electron chi connectivity index (χ2n) is 5.12. The molecule has 0 saturated carbocycles. The Kier molecular flexibility index (Phi) is 3.05. The normalized spacial score (nSPS) is 17.7. The molecule has 1 N–H and O–H groups in total. The smallest absolute Gasteiger partial charge is 0.174 e. The minimum atomic E-state index is 0.0646. The fraction of sp³-hybridized carbons (Fsp3) is 0.267. The molecular formula is C15H15N5S. The van der Waals surface area contributed by atoms with Gasteiger partial charge in [0.05, 0.1) is 10.9 Å². The van der Waals surface area contributed by atoms with Crippen LogP contribution in [0.3, 0.4) is 0 Å². The molecule has 0 saturated heterocycles. The largest absolute Gasteiger partial charge is 0.307 e. The van der Waals surface area contributed by atoms with Crippen molar-refractivity contribution in [2.75, 3.05) is 6.54 Å². The molecule has 6 heteroatoms. The number of fused-ring (bicyclic) bond motifs is 1. The van der Waals surface area contributed by atoms with Gasteiger partial charge in [-0.1, -0.05) is 6.07 Å². The number of nitrogens with zero attached hydrogens (tertiary/aromatic N) is 4. The van der Waals surface area contributed by atoms with Crippen LogP contribution >= 0.6 is 11.3 Å². The lowest BCUT2D eigenvalue weighted by atomic mass is 10.1. The molecule has 21 heavy (non-hydrogen) atoms. The van der Waals surface area contributed by atoms with Crippen LogP contribution in [0.1, 0.15) is 22.3 Å². The molecule has 0 amide bonds. The summed E-state index contributed by atoms with van der Waals surface area (Å²) in [5, 5.41) is 12.4. The maximum Gasteiger partial charge on any atom is 0.174 e. The van der Waals surface area contributed by atoms with Gasteiger partial charge in [0.2, 0.25) is 0 Å². The Hall–Kier alpha value is -2.05. The van der Waals surface area contributed by atoms with Crippen LogP contribution in [0, 0.1) is 6.92 Å². The van der Waals surface area contributed by atoms with Crippen LogP contribution in [0.25, 0.3) is 10.7 Å². The topological polar surface area (TPSA) is 55.6 Å². The predicted octanol–water partition coefficient (Wildman–Crippen LogP) is 2.40. The van der Waals surface area contributed by atoms with Crippen LogP contribution in [-0.2, 0) is 6.54 Å². The van der Waals surface area contributed by atoms with E-state index in [1.807, 2.05) is 12.3 Å². The third-order valence-electron chi connectivity index (χ3n) is 3.70. The number of pyridine rings is 1. The molecule has 0 fully saturated rings. The van der Waals surface area contributed by atoms with E-state index in [9.17, 15) is 0 Å². The van der Waals surface area contributed by atoms with Gasteiger partial charge in [-0.25, -0.2) is 0 Å². The highest BCUT2D eigenvalue weighted by atomic mass is 32.1. The molecule has 0 aliphatic carbocycles. The maximum atomic E-state index is 4.43. The van der Waals surface area contributed by atoms with Gasteiger partial charge in [-0.3, -0.25) is 4.98 Å². The van der Waals surface area contributed by atoms with E-state index in [4.69, 9.17) is 0 Å². The quantitative estimate of drug-likeness (QED) is 0.789. The summed E-state index contributed by atoms with van der Waals surface area (Å²) in [5.74, 6) is 1.94. The monoisotopic (exact) mass is 297 g/mol.